The monoisotopic (exact) mass is 568 g/mol. The lowest BCUT2D eigenvalue weighted by atomic mass is 10.0. The summed E-state index contributed by atoms with van der Waals surface area (Å²) < 4.78 is 24.0. The fourth-order valence-corrected chi connectivity index (χ4v) is 3.88. The number of aryl methyl sites for hydroxylation is 2. The van der Waals surface area contributed by atoms with Crippen LogP contribution in [-0.4, -0.2) is 52.5 Å². The first-order chi connectivity index (χ1) is 19.0. The molecule has 0 spiro atoms. The highest BCUT2D eigenvalue weighted by molar-refractivity contribution is 6.30. The Labute approximate surface area is 240 Å². The van der Waals surface area contributed by atoms with E-state index in [0.29, 0.717) is 45.9 Å². The highest BCUT2D eigenvalue weighted by atomic mass is 16.6. The average Bonchev–Trinajstić information content (AvgIpc) is 3.64. The van der Waals surface area contributed by atoms with Crippen LogP contribution in [0.15, 0.2) is 35.1 Å². The van der Waals surface area contributed by atoms with Crippen LogP contribution in [0.4, 0.5) is 9.59 Å². The summed E-state index contributed by atoms with van der Waals surface area (Å²) in [6.07, 6.45) is 1.26. The zero-order chi connectivity index (χ0) is 30.7. The van der Waals surface area contributed by atoms with E-state index in [0.717, 1.165) is 12.8 Å². The third kappa shape index (κ3) is 8.70. The molecule has 1 heterocycles. The number of carbonyl (C=O) groups is 3. The third-order valence-corrected chi connectivity index (χ3v) is 5.95. The summed E-state index contributed by atoms with van der Waals surface area (Å²) in [5.41, 5.74) is -0.817. The predicted molar refractivity (Wildman–Crippen MR) is 155 cm³/mol. The second kappa shape index (κ2) is 12.2. The summed E-state index contributed by atoms with van der Waals surface area (Å²) >= 11 is 0. The molecule has 0 aliphatic heterocycles. The SMILES string of the molecule is COc1ccc(/C(=C/n2c(C)cc(=O)cc2C)C(=O)N(C(=O)OC(C)(C)C)C(=O)OC(C)(C)C)cc1OCC1CC1. The van der Waals surface area contributed by atoms with E-state index < -0.39 is 29.3 Å². The summed E-state index contributed by atoms with van der Waals surface area (Å²) in [6, 6.07) is 7.74. The number of hydrogen-bond acceptors (Lipinski definition) is 8. The number of nitrogens with zero attached hydrogens (tertiary/aromatic N) is 2. The molecule has 2 aromatic rings. The van der Waals surface area contributed by atoms with E-state index in [2.05, 4.69) is 0 Å². The summed E-state index contributed by atoms with van der Waals surface area (Å²) in [7, 11) is 1.51. The number of amides is 3. The van der Waals surface area contributed by atoms with Crippen molar-refractivity contribution in [1.29, 1.82) is 0 Å². The van der Waals surface area contributed by atoms with Crippen molar-refractivity contribution in [2.75, 3.05) is 13.7 Å². The Bertz CT molecular complexity index is 1350. The lowest BCUT2D eigenvalue weighted by Crippen LogP contribution is -2.47. The molecule has 0 saturated heterocycles. The van der Waals surface area contributed by atoms with Gasteiger partial charge in [0.05, 0.1) is 19.3 Å². The van der Waals surface area contributed by atoms with Crippen molar-refractivity contribution in [2.24, 2.45) is 5.92 Å². The predicted octanol–water partition coefficient (Wildman–Crippen LogP) is 5.96. The number of benzene rings is 1. The van der Waals surface area contributed by atoms with Gasteiger partial charge in [-0.1, -0.05) is 6.07 Å². The Morgan fingerprint density at radius 1 is 0.902 bits per heavy atom. The number of ether oxygens (including phenoxy) is 4. The second-order valence-electron chi connectivity index (χ2n) is 12.1. The Balaban J connectivity index is 2.22. The van der Waals surface area contributed by atoms with Crippen LogP contribution >= 0.6 is 0 Å². The van der Waals surface area contributed by atoms with E-state index in [1.54, 1.807) is 78.2 Å². The maximum absolute atomic E-state index is 14.2. The standard InChI is InChI=1S/C31H40N2O8/c1-19-14-23(34)15-20(2)32(19)17-24(22-12-13-25(38-9)26(16-22)39-18-21-10-11-21)27(35)33(28(36)40-30(3,4)5)29(37)41-31(6,7)8/h12-17,21H,10-11,18H2,1-9H3/b24-17-. The van der Waals surface area contributed by atoms with Crippen molar-refractivity contribution >= 4 is 29.9 Å². The van der Waals surface area contributed by atoms with E-state index >= 15 is 0 Å². The number of pyridine rings is 1. The second-order valence-corrected chi connectivity index (χ2v) is 12.1. The maximum atomic E-state index is 14.2. The quantitative estimate of drug-likeness (QED) is 0.376. The molecule has 1 aliphatic carbocycles. The van der Waals surface area contributed by atoms with E-state index in [-0.39, 0.29) is 11.0 Å². The molecule has 1 aromatic heterocycles. The minimum Gasteiger partial charge on any atom is -0.493 e. The molecule has 0 unspecified atom stereocenters. The number of rotatable bonds is 7. The van der Waals surface area contributed by atoms with Gasteiger partial charge in [0.2, 0.25) is 0 Å². The molecule has 1 aliphatic rings. The zero-order valence-corrected chi connectivity index (χ0v) is 25.3. The lowest BCUT2D eigenvalue weighted by Gasteiger charge is -2.28. The molecule has 1 fully saturated rings. The molecule has 0 radical (unpaired) electrons. The minimum absolute atomic E-state index is 0.0458. The molecule has 1 saturated carbocycles. The minimum atomic E-state index is -1.19. The number of hydrogen-bond donors (Lipinski definition) is 0. The van der Waals surface area contributed by atoms with Crippen LogP contribution in [-0.2, 0) is 14.3 Å². The van der Waals surface area contributed by atoms with Crippen LogP contribution in [0, 0.1) is 19.8 Å². The normalized spacial score (nSPS) is 13.8. The lowest BCUT2D eigenvalue weighted by molar-refractivity contribution is -0.123. The first kappa shape index (κ1) is 31.4. The van der Waals surface area contributed by atoms with Gasteiger partial charge in [-0.15, -0.1) is 4.90 Å². The van der Waals surface area contributed by atoms with E-state index in [4.69, 9.17) is 18.9 Å². The van der Waals surface area contributed by atoms with Gasteiger partial charge in [0.15, 0.2) is 16.9 Å². The molecule has 222 valence electrons. The van der Waals surface area contributed by atoms with Gasteiger partial charge in [-0.3, -0.25) is 9.59 Å². The number of methoxy groups -OCH3 is 1. The van der Waals surface area contributed by atoms with Gasteiger partial charge in [-0.25, -0.2) is 9.59 Å². The molecule has 0 bridgehead atoms. The van der Waals surface area contributed by atoms with Gasteiger partial charge >= 0.3 is 12.2 Å². The van der Waals surface area contributed by atoms with Crippen molar-refractivity contribution in [2.45, 2.75) is 79.4 Å². The van der Waals surface area contributed by atoms with Gasteiger partial charge in [-0.05, 0) is 91.8 Å². The maximum Gasteiger partial charge on any atom is 0.427 e. The Kier molecular flexibility index (Phi) is 9.36. The fraction of sp³-hybridized carbons (Fsp3) is 0.484. The molecule has 3 amide bonds. The summed E-state index contributed by atoms with van der Waals surface area (Å²) in [6.45, 7) is 13.7. The summed E-state index contributed by atoms with van der Waals surface area (Å²) in [5.74, 6) is 0.351. The molecular formula is C31H40N2O8. The molecule has 10 heteroatoms. The van der Waals surface area contributed by atoms with Crippen molar-refractivity contribution in [3.8, 4) is 11.5 Å². The summed E-state index contributed by atoms with van der Waals surface area (Å²) in [4.78, 5) is 53.3. The molecule has 0 atom stereocenters. The average molecular weight is 569 g/mol. The third-order valence-electron chi connectivity index (χ3n) is 5.95. The van der Waals surface area contributed by atoms with Crippen LogP contribution in [0.2, 0.25) is 0 Å². The summed E-state index contributed by atoms with van der Waals surface area (Å²) in [5, 5.41) is 0. The van der Waals surface area contributed by atoms with Crippen molar-refractivity contribution in [3.63, 3.8) is 0 Å². The van der Waals surface area contributed by atoms with Crippen LogP contribution in [0.5, 0.6) is 11.5 Å². The van der Waals surface area contributed by atoms with Gasteiger partial charge in [-0.2, -0.15) is 0 Å². The highest BCUT2D eigenvalue weighted by Crippen LogP contribution is 2.35. The smallest absolute Gasteiger partial charge is 0.427 e. The molecule has 1 aromatic carbocycles. The molecule has 0 N–H and O–H groups in total. The van der Waals surface area contributed by atoms with Crippen molar-refractivity contribution in [1.82, 2.24) is 9.47 Å². The van der Waals surface area contributed by atoms with E-state index in [1.807, 2.05) is 0 Å². The fourth-order valence-electron chi connectivity index (χ4n) is 3.88. The van der Waals surface area contributed by atoms with E-state index in [9.17, 15) is 19.2 Å². The molecular weight excluding hydrogens is 528 g/mol. The van der Waals surface area contributed by atoms with Crippen LogP contribution in [0.1, 0.15) is 71.3 Å². The van der Waals surface area contributed by atoms with Crippen LogP contribution in [0.25, 0.3) is 11.8 Å². The Hall–Kier alpha value is -4.08. The molecule has 10 nitrogen and oxygen atoms in total. The first-order valence-electron chi connectivity index (χ1n) is 13.5. The number of aromatic nitrogens is 1. The van der Waals surface area contributed by atoms with Gasteiger partial charge in [0.25, 0.3) is 5.91 Å². The largest absolute Gasteiger partial charge is 0.493 e. The Morgan fingerprint density at radius 3 is 1.90 bits per heavy atom. The highest BCUT2D eigenvalue weighted by Gasteiger charge is 2.38. The topological polar surface area (TPSA) is 113 Å². The van der Waals surface area contributed by atoms with Crippen molar-refractivity contribution in [3.05, 3.63) is 57.5 Å². The first-order valence-corrected chi connectivity index (χ1v) is 13.5. The molecule has 41 heavy (non-hydrogen) atoms. The number of imide groups is 3. The van der Waals surface area contributed by atoms with Gasteiger partial charge in [0.1, 0.15) is 11.2 Å². The zero-order valence-electron chi connectivity index (χ0n) is 25.3. The number of carbonyl (C=O) groups excluding carboxylic acids is 3. The van der Waals surface area contributed by atoms with Crippen LogP contribution < -0.4 is 14.9 Å². The van der Waals surface area contributed by atoms with Gasteiger partial charge in [0, 0.05) is 29.7 Å². The Morgan fingerprint density at radius 2 is 1.44 bits per heavy atom. The van der Waals surface area contributed by atoms with Crippen molar-refractivity contribution < 1.29 is 33.3 Å². The van der Waals surface area contributed by atoms with Gasteiger partial charge < -0.3 is 23.5 Å². The van der Waals surface area contributed by atoms with Crippen LogP contribution in [0.3, 0.4) is 0 Å². The van der Waals surface area contributed by atoms with E-state index in [1.165, 1.54) is 25.4 Å². The molecule has 3 rings (SSSR count).